The lowest BCUT2D eigenvalue weighted by molar-refractivity contribution is -0.151. The van der Waals surface area contributed by atoms with Crippen LogP contribution in [0.3, 0.4) is 0 Å². The lowest BCUT2D eigenvalue weighted by Gasteiger charge is -2.42. The number of carbonyl (C=O) groups is 3. The fourth-order valence-electron chi connectivity index (χ4n) is 6.89. The van der Waals surface area contributed by atoms with E-state index in [2.05, 4.69) is 12.2 Å². The molecule has 2 fully saturated rings. The van der Waals surface area contributed by atoms with Gasteiger partial charge in [-0.25, -0.2) is 0 Å². The van der Waals surface area contributed by atoms with Crippen LogP contribution in [0.25, 0.3) is 0 Å². The molecule has 0 aromatic heterocycles. The van der Waals surface area contributed by atoms with Crippen molar-refractivity contribution in [3.63, 3.8) is 0 Å². The van der Waals surface area contributed by atoms with Gasteiger partial charge in [0.2, 0.25) is 5.91 Å². The number of ketones is 1. The molecule has 1 saturated heterocycles. The summed E-state index contributed by atoms with van der Waals surface area (Å²) < 4.78 is 0. The normalized spacial score (nSPS) is 26.2. The molecule has 1 spiro atoms. The van der Waals surface area contributed by atoms with Crippen molar-refractivity contribution in [2.24, 2.45) is 11.8 Å². The zero-order chi connectivity index (χ0) is 26.4. The van der Waals surface area contributed by atoms with E-state index in [4.69, 9.17) is 11.6 Å². The third-order valence-electron chi connectivity index (χ3n) is 8.74. The number of carbonyl (C=O) groups excluding carboxylic acids is 3. The van der Waals surface area contributed by atoms with Gasteiger partial charge in [0, 0.05) is 39.7 Å². The summed E-state index contributed by atoms with van der Waals surface area (Å²) in [6.45, 7) is 2.09. The van der Waals surface area contributed by atoms with E-state index in [0.717, 1.165) is 31.2 Å². The highest BCUT2D eigenvalue weighted by Gasteiger charge is 2.70. The van der Waals surface area contributed by atoms with Gasteiger partial charge in [-0.3, -0.25) is 14.4 Å². The summed E-state index contributed by atoms with van der Waals surface area (Å²) in [5.74, 6) is -1.72. The van der Waals surface area contributed by atoms with Crippen molar-refractivity contribution in [1.29, 1.82) is 0 Å². The molecule has 0 radical (unpaired) electrons. The van der Waals surface area contributed by atoms with E-state index in [1.807, 2.05) is 71.6 Å². The molecule has 6 rings (SSSR count). The molecule has 2 aliphatic heterocycles. The molecule has 2 amide bonds. The number of fused-ring (bicyclic) bond motifs is 2. The number of amides is 2. The van der Waals surface area contributed by atoms with Gasteiger partial charge >= 0.3 is 0 Å². The molecule has 1 N–H and O–H groups in total. The van der Waals surface area contributed by atoms with Crippen LogP contribution in [0.1, 0.15) is 66.4 Å². The summed E-state index contributed by atoms with van der Waals surface area (Å²) >= 11 is 6.27. The average Bonchev–Trinajstić information content (AvgIpc) is 3.36. The Balaban J connectivity index is 1.66. The first-order valence-corrected chi connectivity index (χ1v) is 13.9. The van der Waals surface area contributed by atoms with E-state index >= 15 is 0 Å². The number of nitrogens with zero attached hydrogens (tertiary/aromatic N) is 1. The monoisotopic (exact) mass is 526 g/mol. The molecule has 3 aromatic carbocycles. The first-order chi connectivity index (χ1) is 18.5. The van der Waals surface area contributed by atoms with Crippen LogP contribution in [0.2, 0.25) is 5.02 Å². The highest BCUT2D eigenvalue weighted by Crippen LogP contribution is 2.60. The predicted molar refractivity (Wildman–Crippen MR) is 148 cm³/mol. The van der Waals surface area contributed by atoms with Gasteiger partial charge in [0.1, 0.15) is 0 Å². The minimum atomic E-state index is -1.43. The van der Waals surface area contributed by atoms with Gasteiger partial charge < -0.3 is 10.2 Å². The highest BCUT2D eigenvalue weighted by atomic mass is 35.5. The van der Waals surface area contributed by atoms with Crippen LogP contribution in [0.15, 0.2) is 78.9 Å². The van der Waals surface area contributed by atoms with Crippen LogP contribution < -0.4 is 5.32 Å². The number of benzene rings is 3. The smallest absolute Gasteiger partial charge is 0.255 e. The maximum absolute atomic E-state index is 14.6. The number of likely N-dealkylation sites (tertiary alicyclic amines) is 1. The second-order valence-electron chi connectivity index (χ2n) is 10.7. The molecule has 6 heteroatoms. The van der Waals surface area contributed by atoms with E-state index in [1.165, 1.54) is 0 Å². The van der Waals surface area contributed by atoms with E-state index in [0.29, 0.717) is 28.3 Å². The second-order valence-corrected chi connectivity index (χ2v) is 11.2. The number of halogens is 1. The minimum absolute atomic E-state index is 0.0103. The zero-order valence-electron chi connectivity index (χ0n) is 21.4. The molecular formula is C32H31ClN2O3. The minimum Gasteiger partial charge on any atom is -0.323 e. The standard InChI is InChI=1S/C32H31ClN2O3/c1-2-9-26-27(20-16-18-23(33)19-17-20)28(29(36)21-10-4-3-5-11-21)32(35(26)30(37)22-12-8-13-22)24-14-6-7-15-25(24)34-31(32)38/h3-7,10-11,14-19,22,26-28H,2,8-9,12-13H2,1H3,(H,34,38). The Morgan fingerprint density at radius 2 is 1.66 bits per heavy atom. The number of para-hydroxylation sites is 1. The van der Waals surface area contributed by atoms with Crippen molar-refractivity contribution in [3.8, 4) is 0 Å². The van der Waals surface area contributed by atoms with Gasteiger partial charge in [-0.2, -0.15) is 0 Å². The van der Waals surface area contributed by atoms with Gasteiger partial charge in [0.15, 0.2) is 11.3 Å². The number of anilines is 1. The molecule has 5 nitrogen and oxygen atoms in total. The molecule has 194 valence electrons. The fraction of sp³-hybridized carbons (Fsp3) is 0.344. The van der Waals surface area contributed by atoms with Gasteiger partial charge in [0.25, 0.3) is 5.91 Å². The second kappa shape index (κ2) is 9.70. The van der Waals surface area contributed by atoms with E-state index < -0.39 is 11.5 Å². The van der Waals surface area contributed by atoms with Crippen LogP contribution >= 0.6 is 11.6 Å². The quantitative estimate of drug-likeness (QED) is 0.369. The van der Waals surface area contributed by atoms with Crippen LogP contribution in [0, 0.1) is 11.8 Å². The molecule has 38 heavy (non-hydrogen) atoms. The Bertz CT molecular complexity index is 1390. The van der Waals surface area contributed by atoms with E-state index in [9.17, 15) is 14.4 Å². The lowest BCUT2D eigenvalue weighted by Crippen LogP contribution is -2.58. The first-order valence-electron chi connectivity index (χ1n) is 13.6. The number of hydrogen-bond acceptors (Lipinski definition) is 3. The Kier molecular flexibility index (Phi) is 6.35. The first kappa shape index (κ1) is 24.9. The topological polar surface area (TPSA) is 66.5 Å². The number of rotatable bonds is 6. The van der Waals surface area contributed by atoms with E-state index in [1.54, 1.807) is 12.1 Å². The highest BCUT2D eigenvalue weighted by molar-refractivity contribution is 6.30. The van der Waals surface area contributed by atoms with Crippen LogP contribution in [0.4, 0.5) is 5.69 Å². The molecule has 1 saturated carbocycles. The lowest BCUT2D eigenvalue weighted by atomic mass is 9.69. The Morgan fingerprint density at radius 3 is 2.32 bits per heavy atom. The molecular weight excluding hydrogens is 496 g/mol. The summed E-state index contributed by atoms with van der Waals surface area (Å²) in [6, 6.07) is 23.9. The van der Waals surface area contributed by atoms with Crippen molar-refractivity contribution in [2.75, 3.05) is 5.32 Å². The van der Waals surface area contributed by atoms with Crippen molar-refractivity contribution in [2.45, 2.75) is 56.5 Å². The maximum Gasteiger partial charge on any atom is 0.255 e. The maximum atomic E-state index is 14.6. The van der Waals surface area contributed by atoms with Gasteiger partial charge in [-0.1, -0.05) is 92.0 Å². The van der Waals surface area contributed by atoms with Crippen LogP contribution in [-0.4, -0.2) is 28.5 Å². The fourth-order valence-corrected chi connectivity index (χ4v) is 7.02. The van der Waals surface area contributed by atoms with Crippen LogP contribution in [-0.2, 0) is 15.1 Å². The molecule has 4 unspecified atom stereocenters. The summed E-state index contributed by atoms with van der Waals surface area (Å²) in [4.78, 5) is 45.2. The third kappa shape index (κ3) is 3.63. The molecule has 3 aromatic rings. The molecule has 4 atom stereocenters. The average molecular weight is 527 g/mol. The summed E-state index contributed by atoms with van der Waals surface area (Å²) in [7, 11) is 0. The van der Waals surface area contributed by atoms with Crippen molar-refractivity contribution in [1.82, 2.24) is 4.90 Å². The largest absolute Gasteiger partial charge is 0.323 e. The number of hydrogen-bond donors (Lipinski definition) is 1. The molecule has 0 bridgehead atoms. The van der Waals surface area contributed by atoms with Crippen molar-refractivity contribution < 1.29 is 14.4 Å². The predicted octanol–water partition coefficient (Wildman–Crippen LogP) is 6.58. The summed E-state index contributed by atoms with van der Waals surface area (Å²) in [6.07, 6.45) is 4.13. The molecule has 1 aliphatic carbocycles. The van der Waals surface area contributed by atoms with E-state index in [-0.39, 0.29) is 35.5 Å². The van der Waals surface area contributed by atoms with Crippen LogP contribution in [0.5, 0.6) is 0 Å². The number of nitrogens with one attached hydrogen (secondary N) is 1. The van der Waals surface area contributed by atoms with Gasteiger partial charge in [-0.15, -0.1) is 0 Å². The summed E-state index contributed by atoms with van der Waals surface area (Å²) in [5.41, 5.74) is 1.41. The Morgan fingerprint density at radius 1 is 0.974 bits per heavy atom. The molecule has 3 aliphatic rings. The van der Waals surface area contributed by atoms with Gasteiger partial charge in [0.05, 0.1) is 5.92 Å². The Labute approximate surface area is 228 Å². The third-order valence-corrected chi connectivity index (χ3v) is 8.99. The number of Topliss-reactive ketones (excluding diaryl/α,β-unsaturated/α-hetero) is 1. The van der Waals surface area contributed by atoms with Crippen molar-refractivity contribution >= 4 is 34.9 Å². The van der Waals surface area contributed by atoms with Gasteiger partial charge in [-0.05, 0) is 43.0 Å². The Hall–Kier alpha value is -3.44. The zero-order valence-corrected chi connectivity index (χ0v) is 22.2. The SMILES string of the molecule is CCCC1C(c2ccc(Cl)cc2)C(C(=O)c2ccccc2)C2(C(=O)Nc3ccccc32)N1C(=O)C1CCC1. The molecule has 2 heterocycles. The van der Waals surface area contributed by atoms with Crippen molar-refractivity contribution in [3.05, 3.63) is 101 Å². The summed E-state index contributed by atoms with van der Waals surface area (Å²) in [5, 5.41) is 3.67.